The summed E-state index contributed by atoms with van der Waals surface area (Å²) in [6.07, 6.45) is 12.0. The second kappa shape index (κ2) is 30.9. The predicted molar refractivity (Wildman–Crippen MR) is 432 cm³/mol. The highest BCUT2D eigenvalue weighted by molar-refractivity contribution is 5.95. The summed E-state index contributed by atoms with van der Waals surface area (Å²) in [7, 11) is 4.21. The van der Waals surface area contributed by atoms with Crippen molar-refractivity contribution in [3.05, 3.63) is 217 Å². The molecule has 0 amide bonds. The molecule has 9 aromatic rings. The number of likely N-dealkylation sites (N-methyl/N-ethyl adjacent to an activating group) is 1. The zero-order valence-corrected chi connectivity index (χ0v) is 63.5. The third kappa shape index (κ3) is 14.3. The van der Waals surface area contributed by atoms with E-state index >= 15 is 0 Å². The first kappa shape index (κ1) is 76.1. The maximum Gasteiger partial charge on any atom is 0.345 e. The number of nitrogens with one attached hydrogen (secondary N) is 5. The van der Waals surface area contributed by atoms with Gasteiger partial charge < -0.3 is 91.4 Å². The van der Waals surface area contributed by atoms with Gasteiger partial charge in [-0.25, -0.2) is 19.2 Å². The van der Waals surface area contributed by atoms with Crippen LogP contribution in [-0.4, -0.2) is 174 Å². The van der Waals surface area contributed by atoms with Gasteiger partial charge in [0.15, 0.2) is 22.3 Å². The summed E-state index contributed by atoms with van der Waals surface area (Å²) in [5, 5.41) is 82.0. The molecule has 27 heteroatoms. The Kier molecular flexibility index (Phi) is 20.6. The van der Waals surface area contributed by atoms with Crippen molar-refractivity contribution in [2.24, 2.45) is 29.4 Å². The first-order chi connectivity index (χ1) is 54.9. The minimum Gasteiger partial charge on any atom is -0.506 e. The molecule has 3 unspecified atom stereocenters. The molecule has 6 fully saturated rings. The molecular weight excluding hydrogens is 1460 g/mol. The van der Waals surface area contributed by atoms with E-state index in [2.05, 4.69) is 117 Å². The maximum atomic E-state index is 12.4. The second-order valence-electron chi connectivity index (χ2n) is 32.0. The van der Waals surface area contributed by atoms with Crippen LogP contribution < -0.4 is 52.9 Å². The molecule has 4 aromatic heterocycles. The minimum atomic E-state index is -1.41. The molecule has 8 heterocycles. The number of carboxylic acids is 4. The standard InChI is InChI=1S/C28H29N3O4.C20H21N3O4.C20H23N3O4.C19H20N2O4/c1-30(13-16-6-3-2-4-7-16)25-21-14-31(15-22(21)25)18-10-11-19-17(12-18)8-5-9-20-24(19)29-27(33)23(26(20)32)28(34)35;21-16-13-7-23(8-14(13)16)10-4-5-11-9(6-10)2-1-3-12-17(11)22-19(25)15(18(12)24)20(26)27;1-21-12-7-8-23(10-12)13-5-6-14-11(9-13)3-2-4-15-17(14)22-19(25)16(18(15)24)20(26)27;22-17-14-5-3-4-11-10-12(21-8-1-2-9-21)6-7-13(11)16(14)20-18(23)15(17)19(24)25/h2-4,6-7,10-12,21-22,25H,5,8-9,13-15H2,1H3,(H,34,35)(H2,29,32,33);4-6,13-14,16H,1-3,7-8,21H2,(H,26,27)(H2,22,24,25);5-6,9,12,21H,2-4,7-8,10H2,1H3,(H,26,27)(H2,22,24,25);6-7,10H,1-5,8-9H2,(H,24,25)(H2,20,22,23)/t21-,22+,25?;13-,14+,16?;;. The van der Waals surface area contributed by atoms with E-state index < -0.39 is 91.4 Å². The van der Waals surface area contributed by atoms with Gasteiger partial charge in [-0.2, -0.15) is 0 Å². The van der Waals surface area contributed by atoms with Gasteiger partial charge in [-0.15, -0.1) is 0 Å². The normalized spacial score (nSPS) is 20.9. The summed E-state index contributed by atoms with van der Waals surface area (Å²) < 4.78 is 0. The maximum absolute atomic E-state index is 12.4. The Morgan fingerprint density at radius 1 is 0.421 bits per heavy atom. The van der Waals surface area contributed by atoms with E-state index in [0.29, 0.717) is 113 Å². The van der Waals surface area contributed by atoms with E-state index in [0.717, 1.165) is 173 Å². The van der Waals surface area contributed by atoms with E-state index in [-0.39, 0.29) is 0 Å². The van der Waals surface area contributed by atoms with Crippen molar-refractivity contribution < 1.29 is 60.0 Å². The van der Waals surface area contributed by atoms with Crippen LogP contribution >= 0.6 is 0 Å². The number of H-pyrrole nitrogens is 4. The third-order valence-corrected chi connectivity index (χ3v) is 25.3. The number of pyridine rings is 4. The van der Waals surface area contributed by atoms with Gasteiger partial charge in [0.05, 0.1) is 22.8 Å². The fraction of sp³-hybridized carbons (Fsp3) is 0.379. The number of aromatic amines is 4. The quantitative estimate of drug-likeness (QED) is 0.0542. The molecule has 114 heavy (non-hydrogen) atoms. The van der Waals surface area contributed by atoms with E-state index in [1.807, 2.05) is 49.5 Å². The molecule has 5 aromatic carbocycles. The highest BCUT2D eigenvalue weighted by Gasteiger charge is 2.58. The summed E-state index contributed by atoms with van der Waals surface area (Å²) in [5.74, 6) is -4.69. The number of hydrogen-bond acceptors (Lipinski definition) is 19. The largest absolute Gasteiger partial charge is 0.506 e. The SMILES string of the molecule is CN(Cc1ccccc1)C1[C@H]2CN(c3ccc4c(c3)CCCc3c-4[nH]c(=O)c(C(=O)O)c3O)C[C@@H]12.CNC1CCN(c2ccc3c(c2)CCCc2c-3[nH]c(=O)c(C(=O)O)c2O)C1.NC1[C@H]2CN(c3ccc4c(c3)CCCc3c-4[nH]c(=O)c(C(=O)O)c3O)C[C@@H]12.O=C(O)c1c(O)c2c([nH]c1=O)-c1ccc(N3CCCC3)cc1CCC2. The zero-order chi connectivity index (χ0) is 79.8. The van der Waals surface area contributed by atoms with Gasteiger partial charge in [0.1, 0.15) is 23.0 Å². The van der Waals surface area contributed by atoms with Gasteiger partial charge in [0.25, 0.3) is 22.2 Å². The lowest BCUT2D eigenvalue weighted by Crippen LogP contribution is -2.32. The Morgan fingerprint density at radius 3 is 1.07 bits per heavy atom. The second-order valence-corrected chi connectivity index (χ2v) is 32.0. The molecule has 0 bridgehead atoms. The number of benzene rings is 5. The fourth-order valence-electron chi connectivity index (χ4n) is 19.3. The molecule has 6 aliphatic carbocycles. The average Bonchev–Trinajstić information content (AvgIpc) is 1.57. The van der Waals surface area contributed by atoms with Crippen molar-refractivity contribution >= 4 is 46.6 Å². The molecule has 7 atom stereocenters. The Balaban J connectivity index is 0.000000115. The van der Waals surface area contributed by atoms with Gasteiger partial charge in [-0.1, -0.05) is 54.6 Å². The molecule has 27 nitrogen and oxygen atoms in total. The van der Waals surface area contributed by atoms with Crippen LogP contribution in [0.3, 0.4) is 0 Å². The van der Waals surface area contributed by atoms with Crippen molar-refractivity contribution in [2.75, 3.05) is 86.1 Å². The summed E-state index contributed by atoms with van der Waals surface area (Å²) >= 11 is 0. The number of nitrogens with zero attached hydrogens (tertiary/aromatic N) is 5. The molecule has 15 N–H and O–H groups in total. The lowest BCUT2D eigenvalue weighted by atomic mass is 9.99. The Labute approximate surface area is 655 Å². The van der Waals surface area contributed by atoms with Crippen LogP contribution in [0.5, 0.6) is 23.0 Å². The smallest absolute Gasteiger partial charge is 0.345 e. The van der Waals surface area contributed by atoms with Crippen LogP contribution in [-0.2, 0) is 57.9 Å². The first-order valence-electron chi connectivity index (χ1n) is 39.5. The van der Waals surface area contributed by atoms with E-state index in [1.54, 1.807) is 0 Å². The number of fused-ring (bicyclic) bond motifs is 14. The van der Waals surface area contributed by atoms with Crippen molar-refractivity contribution in [1.82, 2.24) is 30.2 Å². The minimum absolute atomic E-state index is 0.352. The number of aryl methyl sites for hydroxylation is 4. The van der Waals surface area contributed by atoms with Gasteiger partial charge in [0, 0.05) is 144 Å². The van der Waals surface area contributed by atoms with Gasteiger partial charge >= 0.3 is 23.9 Å². The molecule has 592 valence electrons. The van der Waals surface area contributed by atoms with Crippen LogP contribution in [0.25, 0.3) is 45.0 Å². The monoisotopic (exact) mass is 1550 g/mol. The van der Waals surface area contributed by atoms with Crippen molar-refractivity contribution in [3.8, 4) is 68.0 Å². The molecule has 4 saturated heterocycles. The molecule has 4 aliphatic heterocycles. The zero-order valence-electron chi connectivity index (χ0n) is 63.5. The summed E-state index contributed by atoms with van der Waals surface area (Å²) in [6.45, 7) is 9.13. The number of aromatic carboxylic acids is 4. The van der Waals surface area contributed by atoms with Crippen LogP contribution in [0.1, 0.15) is 136 Å². The summed E-state index contributed by atoms with van der Waals surface area (Å²) in [6, 6.07) is 36.9. The number of rotatable bonds is 12. The first-order valence-corrected chi connectivity index (χ1v) is 39.5. The van der Waals surface area contributed by atoms with Gasteiger partial charge in [-0.05, 0) is 210 Å². The van der Waals surface area contributed by atoms with Crippen LogP contribution in [0.4, 0.5) is 22.7 Å². The Bertz CT molecular complexity index is 5460. The molecule has 0 spiro atoms. The van der Waals surface area contributed by atoms with Crippen LogP contribution in [0.15, 0.2) is 122 Å². The highest BCUT2D eigenvalue weighted by atomic mass is 16.4. The predicted octanol–water partition coefficient (Wildman–Crippen LogP) is 9.10. The number of carboxylic acid groups (broad SMARTS) is 4. The Morgan fingerprint density at radius 2 is 0.746 bits per heavy atom. The molecule has 19 rings (SSSR count). The van der Waals surface area contributed by atoms with Crippen molar-refractivity contribution in [3.63, 3.8) is 0 Å². The summed E-state index contributed by atoms with van der Waals surface area (Å²) in [4.78, 5) is 117. The Hall–Kier alpha value is -11.9. The lowest BCUT2D eigenvalue weighted by molar-refractivity contribution is 0.0680. The fourth-order valence-corrected chi connectivity index (χ4v) is 19.3. The number of hydrogen-bond donors (Lipinski definition) is 14. The third-order valence-electron chi connectivity index (χ3n) is 25.3. The number of anilines is 4. The number of carbonyl (C=O) groups is 4. The van der Waals surface area contributed by atoms with E-state index in [4.69, 9.17) is 5.73 Å². The summed E-state index contributed by atoms with van der Waals surface area (Å²) in [5.41, 5.74) is 18.8. The highest BCUT2D eigenvalue weighted by Crippen LogP contribution is 2.52. The average molecular weight is 1550 g/mol. The van der Waals surface area contributed by atoms with Gasteiger partial charge in [0.2, 0.25) is 0 Å². The number of aromatic nitrogens is 4. The van der Waals surface area contributed by atoms with Crippen molar-refractivity contribution in [1.29, 1.82) is 0 Å². The number of nitrogens with two attached hydrogens (primary N) is 1. The molecular formula is C87H93N11O16. The van der Waals surface area contributed by atoms with Crippen LogP contribution in [0, 0.1) is 23.7 Å². The molecule has 0 radical (unpaired) electrons. The molecule has 10 aliphatic rings. The van der Waals surface area contributed by atoms with E-state index in [1.165, 1.54) is 29.8 Å². The van der Waals surface area contributed by atoms with Gasteiger partial charge in [-0.3, -0.25) is 24.1 Å². The topological polar surface area (TPSA) is 416 Å². The lowest BCUT2D eigenvalue weighted by Gasteiger charge is -2.26. The van der Waals surface area contributed by atoms with E-state index in [9.17, 15) is 79.2 Å². The number of aromatic hydroxyl groups is 4. The van der Waals surface area contributed by atoms with Crippen LogP contribution in [0.2, 0.25) is 0 Å². The molecule has 2 saturated carbocycles. The van der Waals surface area contributed by atoms with Crippen molar-refractivity contribution in [2.45, 2.75) is 121 Å². The number of piperidine rings is 2.